The number of anilines is 2. The molecule has 1 aliphatic heterocycles. The van der Waals surface area contributed by atoms with E-state index in [-0.39, 0.29) is 18.3 Å². The van der Waals surface area contributed by atoms with Crippen molar-refractivity contribution in [3.63, 3.8) is 0 Å². The highest BCUT2D eigenvalue weighted by molar-refractivity contribution is 7.99. The zero-order valence-electron chi connectivity index (χ0n) is 18.2. The van der Waals surface area contributed by atoms with E-state index >= 15 is 0 Å². The molecule has 0 radical (unpaired) electrons. The second-order valence-corrected chi connectivity index (χ2v) is 9.01. The number of amides is 1. The maximum Gasteiger partial charge on any atom is 0.316 e. The molecule has 2 heterocycles. The van der Waals surface area contributed by atoms with Crippen molar-refractivity contribution in [3.05, 3.63) is 59.4 Å². The van der Waals surface area contributed by atoms with Crippen LogP contribution in [0.1, 0.15) is 18.4 Å². The van der Waals surface area contributed by atoms with Gasteiger partial charge < -0.3 is 15.0 Å². The molecule has 1 amide bonds. The number of hydrogen-bond acceptors (Lipinski definition) is 7. The van der Waals surface area contributed by atoms with E-state index in [1.807, 2.05) is 49.4 Å². The number of carbonyl (C=O) groups excluding carboxylic acids is 2. The molecule has 0 saturated carbocycles. The van der Waals surface area contributed by atoms with E-state index in [1.54, 1.807) is 10.9 Å². The van der Waals surface area contributed by atoms with Gasteiger partial charge in [-0.1, -0.05) is 29.4 Å². The summed E-state index contributed by atoms with van der Waals surface area (Å²) in [6, 6.07) is 13.3. The lowest BCUT2D eigenvalue weighted by Gasteiger charge is -2.17. The molecule has 4 rings (SSSR count). The summed E-state index contributed by atoms with van der Waals surface area (Å²) in [4.78, 5) is 26.6. The van der Waals surface area contributed by atoms with Crippen LogP contribution in [-0.2, 0) is 14.3 Å². The Morgan fingerprint density at radius 3 is 2.58 bits per heavy atom. The fraction of sp³-hybridized carbons (Fsp3) is 0.304. The lowest BCUT2D eigenvalue weighted by molar-refractivity contribution is -0.144. The molecule has 0 unspecified atom stereocenters. The second-order valence-electron chi connectivity index (χ2n) is 7.66. The zero-order valence-corrected chi connectivity index (χ0v) is 19.7. The lowest BCUT2D eigenvalue weighted by Crippen LogP contribution is -2.22. The SMILES string of the molecule is Cc1ccc(-n2cnnc2SCC(=O)OCC(=O)Nc2ccc(N3CCCC3)cc2)cc1Cl. The first kappa shape index (κ1) is 23.1. The van der Waals surface area contributed by atoms with E-state index in [4.69, 9.17) is 16.3 Å². The standard InChI is InChI=1S/C23H24ClN5O3S/c1-16-4-7-19(12-20(16)24)29-15-25-27-23(29)33-14-22(31)32-13-21(30)26-17-5-8-18(9-6-17)28-10-2-3-11-28/h4-9,12,15H,2-3,10-11,13-14H2,1H3,(H,26,30). The van der Waals surface area contributed by atoms with Crippen molar-refractivity contribution in [2.24, 2.45) is 0 Å². The number of esters is 1. The summed E-state index contributed by atoms with van der Waals surface area (Å²) in [6.45, 7) is 3.70. The molecule has 2 aromatic carbocycles. The molecular weight excluding hydrogens is 462 g/mol. The highest BCUT2D eigenvalue weighted by atomic mass is 35.5. The minimum atomic E-state index is -0.518. The van der Waals surface area contributed by atoms with Crippen LogP contribution in [0.3, 0.4) is 0 Å². The van der Waals surface area contributed by atoms with Crippen LogP contribution in [0.4, 0.5) is 11.4 Å². The fourth-order valence-corrected chi connectivity index (χ4v) is 4.37. The molecule has 1 aromatic heterocycles. The number of halogens is 1. The third-order valence-corrected chi connectivity index (χ3v) is 6.58. The van der Waals surface area contributed by atoms with Gasteiger partial charge in [-0.3, -0.25) is 14.2 Å². The highest BCUT2D eigenvalue weighted by Gasteiger charge is 2.14. The summed E-state index contributed by atoms with van der Waals surface area (Å²) in [5.41, 5.74) is 3.57. The average Bonchev–Trinajstić information content (AvgIpc) is 3.51. The summed E-state index contributed by atoms with van der Waals surface area (Å²) in [7, 11) is 0. The Hall–Kier alpha value is -3.04. The molecule has 3 aromatic rings. The first-order valence-electron chi connectivity index (χ1n) is 10.6. The van der Waals surface area contributed by atoms with Gasteiger partial charge in [0.15, 0.2) is 11.8 Å². The van der Waals surface area contributed by atoms with Gasteiger partial charge in [-0.15, -0.1) is 10.2 Å². The Bertz CT molecular complexity index is 1130. The van der Waals surface area contributed by atoms with Crippen molar-refractivity contribution in [1.82, 2.24) is 14.8 Å². The predicted octanol–water partition coefficient (Wildman–Crippen LogP) is 4.10. The molecule has 33 heavy (non-hydrogen) atoms. The summed E-state index contributed by atoms with van der Waals surface area (Å²) in [5.74, 6) is -0.911. The van der Waals surface area contributed by atoms with Gasteiger partial charge in [-0.2, -0.15) is 0 Å². The largest absolute Gasteiger partial charge is 0.455 e. The minimum Gasteiger partial charge on any atom is -0.455 e. The second kappa shape index (κ2) is 10.7. The Kier molecular flexibility index (Phi) is 7.51. The van der Waals surface area contributed by atoms with Crippen molar-refractivity contribution >= 4 is 46.6 Å². The molecule has 0 atom stereocenters. The number of rotatable bonds is 8. The van der Waals surface area contributed by atoms with Crippen LogP contribution in [-0.4, -0.2) is 52.1 Å². The van der Waals surface area contributed by atoms with E-state index in [9.17, 15) is 9.59 Å². The number of nitrogens with zero attached hydrogens (tertiary/aromatic N) is 4. The summed E-state index contributed by atoms with van der Waals surface area (Å²) < 4.78 is 6.84. The topological polar surface area (TPSA) is 89.4 Å². The van der Waals surface area contributed by atoms with E-state index in [1.165, 1.54) is 24.6 Å². The normalized spacial score (nSPS) is 13.2. The summed E-state index contributed by atoms with van der Waals surface area (Å²) in [6.07, 6.45) is 3.97. The van der Waals surface area contributed by atoms with E-state index in [0.717, 1.165) is 30.0 Å². The van der Waals surface area contributed by atoms with Gasteiger partial charge in [-0.25, -0.2) is 0 Å². The number of nitrogens with one attached hydrogen (secondary N) is 1. The van der Waals surface area contributed by atoms with Crippen molar-refractivity contribution in [2.45, 2.75) is 24.9 Å². The van der Waals surface area contributed by atoms with Crippen LogP contribution >= 0.6 is 23.4 Å². The quantitative estimate of drug-likeness (QED) is 0.379. The van der Waals surface area contributed by atoms with Gasteiger partial charge in [0, 0.05) is 29.5 Å². The zero-order chi connectivity index (χ0) is 23.2. The lowest BCUT2D eigenvalue weighted by atomic mass is 10.2. The molecule has 1 N–H and O–H groups in total. The molecule has 8 nitrogen and oxygen atoms in total. The monoisotopic (exact) mass is 485 g/mol. The summed E-state index contributed by atoms with van der Waals surface area (Å²) in [5, 5.41) is 11.9. The number of aromatic nitrogens is 3. The van der Waals surface area contributed by atoms with Gasteiger partial charge in [0.1, 0.15) is 6.33 Å². The Morgan fingerprint density at radius 2 is 1.85 bits per heavy atom. The molecule has 10 heteroatoms. The molecule has 172 valence electrons. The molecule has 1 aliphatic rings. The molecule has 0 bridgehead atoms. The minimum absolute atomic E-state index is 0.00387. The molecule has 1 fully saturated rings. The number of aryl methyl sites for hydroxylation is 1. The van der Waals surface area contributed by atoms with Crippen LogP contribution in [0.2, 0.25) is 5.02 Å². The van der Waals surface area contributed by atoms with E-state index < -0.39 is 5.97 Å². The van der Waals surface area contributed by atoms with Crippen molar-refractivity contribution in [1.29, 1.82) is 0 Å². The number of thioether (sulfide) groups is 1. The van der Waals surface area contributed by atoms with Crippen LogP contribution < -0.4 is 10.2 Å². The number of ether oxygens (including phenoxy) is 1. The van der Waals surface area contributed by atoms with E-state index in [2.05, 4.69) is 20.4 Å². The Morgan fingerprint density at radius 1 is 1.12 bits per heavy atom. The van der Waals surface area contributed by atoms with Crippen molar-refractivity contribution in [2.75, 3.05) is 35.7 Å². The van der Waals surface area contributed by atoms with Gasteiger partial charge in [0.25, 0.3) is 5.91 Å². The highest BCUT2D eigenvalue weighted by Crippen LogP contribution is 2.24. The number of benzene rings is 2. The first-order valence-corrected chi connectivity index (χ1v) is 12.0. The predicted molar refractivity (Wildman–Crippen MR) is 129 cm³/mol. The average molecular weight is 486 g/mol. The Labute approximate surface area is 201 Å². The van der Waals surface area contributed by atoms with Crippen LogP contribution in [0, 0.1) is 6.92 Å². The summed E-state index contributed by atoms with van der Waals surface area (Å²) >= 11 is 7.37. The smallest absolute Gasteiger partial charge is 0.316 e. The Balaban J connectivity index is 1.23. The van der Waals surface area contributed by atoms with Crippen molar-refractivity contribution < 1.29 is 14.3 Å². The van der Waals surface area contributed by atoms with Crippen LogP contribution in [0.5, 0.6) is 0 Å². The molecule has 0 spiro atoms. The maximum absolute atomic E-state index is 12.1. The van der Waals surface area contributed by atoms with Gasteiger partial charge in [0.2, 0.25) is 0 Å². The fourth-order valence-electron chi connectivity index (χ4n) is 3.47. The third-order valence-electron chi connectivity index (χ3n) is 5.26. The number of hydrogen-bond donors (Lipinski definition) is 1. The molecular formula is C23H24ClN5O3S. The van der Waals surface area contributed by atoms with Crippen LogP contribution in [0.15, 0.2) is 53.9 Å². The van der Waals surface area contributed by atoms with Gasteiger partial charge in [-0.05, 0) is 61.7 Å². The molecule has 1 saturated heterocycles. The van der Waals surface area contributed by atoms with Gasteiger partial charge >= 0.3 is 5.97 Å². The van der Waals surface area contributed by atoms with Gasteiger partial charge in [0.05, 0.1) is 11.4 Å². The first-order chi connectivity index (χ1) is 16.0. The number of carbonyl (C=O) groups is 2. The van der Waals surface area contributed by atoms with Crippen molar-refractivity contribution in [3.8, 4) is 5.69 Å². The van der Waals surface area contributed by atoms with Crippen LogP contribution in [0.25, 0.3) is 5.69 Å². The molecule has 0 aliphatic carbocycles. The third kappa shape index (κ3) is 6.06. The van der Waals surface area contributed by atoms with E-state index in [0.29, 0.717) is 15.9 Å². The maximum atomic E-state index is 12.1.